The van der Waals surface area contributed by atoms with Crippen LogP contribution in [0, 0.1) is 0 Å². The van der Waals surface area contributed by atoms with Crippen molar-refractivity contribution in [2.75, 3.05) is 11.0 Å². The monoisotopic (exact) mass is 257 g/mol. The van der Waals surface area contributed by atoms with Crippen molar-refractivity contribution in [3.63, 3.8) is 0 Å². The smallest absolute Gasteiger partial charge is 0.229 e. The van der Waals surface area contributed by atoms with Crippen molar-refractivity contribution in [1.29, 1.82) is 0 Å². The number of aliphatic hydroxyl groups excluding tert-OH is 1. The fourth-order valence-corrected chi connectivity index (χ4v) is 2.41. The molecule has 0 amide bonds. The number of aliphatic hydroxyl groups is 1. The average molecular weight is 257 g/mol. The summed E-state index contributed by atoms with van der Waals surface area (Å²) in [5.74, 6) is 0. The minimum absolute atomic E-state index is 0.0997. The second-order valence-electron chi connectivity index (χ2n) is 4.15. The molecule has 1 heterocycles. The maximum Gasteiger partial charge on any atom is 0.229 e. The van der Waals surface area contributed by atoms with E-state index in [2.05, 4.69) is 4.72 Å². The fraction of sp³-hybridized carbons (Fsp3) is 0.455. The van der Waals surface area contributed by atoms with E-state index in [9.17, 15) is 13.5 Å². The van der Waals surface area contributed by atoms with Crippen molar-refractivity contribution in [3.8, 4) is 0 Å². The van der Waals surface area contributed by atoms with Crippen LogP contribution in [0.4, 0.5) is 5.69 Å². The number of hydrogen-bond donors (Lipinski definition) is 2. The molecule has 2 unspecified atom stereocenters. The average Bonchev–Trinajstić information content (AvgIpc) is 2.63. The van der Waals surface area contributed by atoms with Crippen LogP contribution in [0.1, 0.15) is 24.5 Å². The minimum atomic E-state index is -3.24. The van der Waals surface area contributed by atoms with Crippen LogP contribution in [0.5, 0.6) is 0 Å². The van der Waals surface area contributed by atoms with Gasteiger partial charge in [-0.25, -0.2) is 8.42 Å². The fourth-order valence-electron chi connectivity index (χ4n) is 1.84. The van der Waals surface area contributed by atoms with Gasteiger partial charge >= 0.3 is 0 Å². The van der Waals surface area contributed by atoms with Gasteiger partial charge in [0.25, 0.3) is 0 Å². The van der Waals surface area contributed by atoms with Gasteiger partial charge in [-0.3, -0.25) is 4.72 Å². The molecule has 2 atom stereocenters. The Kier molecular flexibility index (Phi) is 3.37. The Morgan fingerprint density at radius 2 is 1.94 bits per heavy atom. The van der Waals surface area contributed by atoms with Crippen LogP contribution in [-0.2, 0) is 14.8 Å². The first-order chi connectivity index (χ1) is 7.94. The quantitative estimate of drug-likeness (QED) is 0.854. The Balaban J connectivity index is 2.08. The van der Waals surface area contributed by atoms with E-state index in [0.29, 0.717) is 12.1 Å². The van der Waals surface area contributed by atoms with E-state index in [-0.39, 0.29) is 6.10 Å². The molecule has 94 valence electrons. The first kappa shape index (κ1) is 12.3. The van der Waals surface area contributed by atoms with Gasteiger partial charge in [0.2, 0.25) is 10.0 Å². The zero-order valence-electron chi connectivity index (χ0n) is 9.46. The van der Waals surface area contributed by atoms with Gasteiger partial charge in [-0.1, -0.05) is 12.1 Å². The van der Waals surface area contributed by atoms with Crippen LogP contribution in [-0.4, -0.2) is 26.1 Å². The molecule has 1 fully saturated rings. The van der Waals surface area contributed by atoms with Crippen molar-refractivity contribution in [2.24, 2.45) is 0 Å². The molecule has 1 saturated heterocycles. The lowest BCUT2D eigenvalue weighted by atomic mass is 10.1. The first-order valence-corrected chi connectivity index (χ1v) is 7.24. The maximum atomic E-state index is 11.0. The van der Waals surface area contributed by atoms with Gasteiger partial charge in [-0.15, -0.1) is 0 Å². The molecule has 2 N–H and O–H groups in total. The second kappa shape index (κ2) is 4.64. The Labute approximate surface area is 100 Å². The third kappa shape index (κ3) is 3.42. The number of hydrogen-bond acceptors (Lipinski definition) is 4. The molecular formula is C11H15NO4S. The van der Waals surface area contributed by atoms with Crippen LogP contribution in [0.2, 0.25) is 0 Å². The highest BCUT2D eigenvalue weighted by molar-refractivity contribution is 7.92. The van der Waals surface area contributed by atoms with Crippen molar-refractivity contribution in [3.05, 3.63) is 29.8 Å². The number of anilines is 1. The number of nitrogens with one attached hydrogen (secondary N) is 1. The third-order valence-electron chi connectivity index (χ3n) is 2.58. The van der Waals surface area contributed by atoms with Gasteiger partial charge in [0.1, 0.15) is 0 Å². The van der Waals surface area contributed by atoms with Crippen LogP contribution in [0.25, 0.3) is 0 Å². The number of sulfonamides is 1. The van der Waals surface area contributed by atoms with Crippen molar-refractivity contribution in [1.82, 2.24) is 0 Å². The van der Waals surface area contributed by atoms with E-state index in [1.807, 2.05) is 0 Å². The zero-order valence-corrected chi connectivity index (χ0v) is 10.3. The predicted octanol–water partition coefficient (Wildman–Crippen LogP) is 1.23. The highest BCUT2D eigenvalue weighted by Gasteiger charge is 2.24. The van der Waals surface area contributed by atoms with Gasteiger partial charge in [0.05, 0.1) is 12.4 Å². The normalized spacial score (nSPS) is 24.8. The maximum absolute atomic E-state index is 11.0. The summed E-state index contributed by atoms with van der Waals surface area (Å²) in [7, 11) is -3.24. The van der Waals surface area contributed by atoms with Crippen LogP contribution in [0.3, 0.4) is 0 Å². The summed E-state index contributed by atoms with van der Waals surface area (Å²) < 4.78 is 29.7. The lowest BCUT2D eigenvalue weighted by Crippen LogP contribution is -2.09. The van der Waals surface area contributed by atoms with Crippen LogP contribution in [0.15, 0.2) is 24.3 Å². The molecule has 0 saturated carbocycles. The van der Waals surface area contributed by atoms with Gasteiger partial charge in [-0.05, 0) is 24.1 Å². The summed E-state index contributed by atoms with van der Waals surface area (Å²) in [5.41, 5.74) is 1.47. The van der Waals surface area contributed by atoms with Gasteiger partial charge in [0.15, 0.2) is 6.29 Å². The van der Waals surface area contributed by atoms with E-state index in [0.717, 1.165) is 18.2 Å². The molecule has 1 aromatic carbocycles. The van der Waals surface area contributed by atoms with Crippen molar-refractivity contribution < 1.29 is 18.3 Å². The van der Waals surface area contributed by atoms with E-state index >= 15 is 0 Å². The molecule has 1 aliphatic heterocycles. The summed E-state index contributed by atoms with van der Waals surface area (Å²) in [6.07, 6.45) is 1.73. The van der Waals surface area contributed by atoms with Crippen molar-refractivity contribution >= 4 is 15.7 Å². The highest BCUT2D eigenvalue weighted by atomic mass is 32.2. The molecule has 0 aliphatic carbocycles. The Morgan fingerprint density at radius 3 is 2.41 bits per heavy atom. The molecule has 0 radical (unpaired) electrons. The van der Waals surface area contributed by atoms with E-state index in [1.54, 1.807) is 24.3 Å². The highest BCUT2D eigenvalue weighted by Crippen LogP contribution is 2.32. The first-order valence-electron chi connectivity index (χ1n) is 5.35. The zero-order chi connectivity index (χ0) is 12.5. The van der Waals surface area contributed by atoms with E-state index in [4.69, 9.17) is 4.74 Å². The summed E-state index contributed by atoms with van der Waals surface area (Å²) in [4.78, 5) is 0. The predicted molar refractivity (Wildman–Crippen MR) is 64.0 cm³/mol. The van der Waals surface area contributed by atoms with Crippen molar-refractivity contribution in [2.45, 2.75) is 25.2 Å². The number of rotatable bonds is 3. The largest absolute Gasteiger partial charge is 0.368 e. The molecule has 2 rings (SSSR count). The summed E-state index contributed by atoms with van der Waals surface area (Å²) in [5, 5.41) is 9.25. The summed E-state index contributed by atoms with van der Waals surface area (Å²) in [6.45, 7) is 0. The lowest BCUT2D eigenvalue weighted by Gasteiger charge is -2.11. The standard InChI is InChI=1S/C11H15NO4S/c1-17(14,15)12-9-4-2-8(3-5-9)10-6-7-11(13)16-10/h2-5,10-13H,6-7H2,1H3. The van der Waals surface area contributed by atoms with Gasteiger partial charge in [0, 0.05) is 12.1 Å². The van der Waals surface area contributed by atoms with Gasteiger partial charge in [-0.2, -0.15) is 0 Å². The topological polar surface area (TPSA) is 75.6 Å². The SMILES string of the molecule is CS(=O)(=O)Nc1ccc(C2CCC(O)O2)cc1. The van der Waals surface area contributed by atoms with E-state index in [1.165, 1.54) is 0 Å². The molecule has 1 aromatic rings. The third-order valence-corrected chi connectivity index (χ3v) is 3.19. The molecule has 6 heteroatoms. The van der Waals surface area contributed by atoms with Crippen LogP contribution >= 0.6 is 0 Å². The Hall–Kier alpha value is -1.11. The molecule has 0 aromatic heterocycles. The molecule has 17 heavy (non-hydrogen) atoms. The lowest BCUT2D eigenvalue weighted by molar-refractivity contribution is -0.0913. The van der Waals surface area contributed by atoms with E-state index < -0.39 is 16.3 Å². The molecule has 0 bridgehead atoms. The summed E-state index contributed by atoms with van der Waals surface area (Å²) in [6, 6.07) is 6.97. The Bertz CT molecular complexity index is 483. The number of benzene rings is 1. The molecule has 1 aliphatic rings. The molecule has 0 spiro atoms. The number of ether oxygens (including phenoxy) is 1. The minimum Gasteiger partial charge on any atom is -0.368 e. The van der Waals surface area contributed by atoms with Gasteiger partial charge < -0.3 is 9.84 Å². The molecule has 5 nitrogen and oxygen atoms in total. The summed E-state index contributed by atoms with van der Waals surface area (Å²) >= 11 is 0. The Morgan fingerprint density at radius 1 is 1.29 bits per heavy atom. The molecular weight excluding hydrogens is 242 g/mol. The van der Waals surface area contributed by atoms with Crippen LogP contribution < -0.4 is 4.72 Å². The second-order valence-corrected chi connectivity index (χ2v) is 5.90.